The molecule has 4 unspecified atom stereocenters. The molecule has 5 nitrogen and oxygen atoms in total. The number of nitrogens with one attached hydrogen (secondary N) is 1. The smallest absolute Gasteiger partial charge is 0.416 e. The SMILES string of the molecule is CC1(C)C2CCC1(C)C(OC(=O)c1ccc(NC(O)Cc3cc(C(F)(F)F)cc(Cl)c3O)cc1)C2. The zero-order valence-corrected chi connectivity index (χ0v) is 20.5. The van der Waals surface area contributed by atoms with Gasteiger partial charge < -0.3 is 20.3 Å². The number of rotatable bonds is 6. The summed E-state index contributed by atoms with van der Waals surface area (Å²) in [4.78, 5) is 12.8. The molecule has 0 aliphatic heterocycles. The van der Waals surface area contributed by atoms with Gasteiger partial charge in [0.1, 0.15) is 18.1 Å². The van der Waals surface area contributed by atoms with E-state index < -0.39 is 34.7 Å². The zero-order chi connectivity index (χ0) is 25.8. The van der Waals surface area contributed by atoms with Crippen molar-refractivity contribution >= 4 is 23.3 Å². The Bertz CT molecular complexity index is 1120. The van der Waals surface area contributed by atoms with E-state index in [-0.39, 0.29) is 28.9 Å². The summed E-state index contributed by atoms with van der Waals surface area (Å²) in [7, 11) is 0. The van der Waals surface area contributed by atoms with Crippen molar-refractivity contribution in [3.63, 3.8) is 0 Å². The van der Waals surface area contributed by atoms with Gasteiger partial charge in [-0.15, -0.1) is 0 Å². The van der Waals surface area contributed by atoms with E-state index >= 15 is 0 Å². The number of carbonyl (C=O) groups is 1. The summed E-state index contributed by atoms with van der Waals surface area (Å²) in [6, 6.07) is 7.67. The first-order valence-corrected chi connectivity index (χ1v) is 11.9. The number of halogens is 4. The molecular formula is C26H29ClF3NO4. The average Bonchev–Trinajstić information content (AvgIpc) is 3.10. The number of aromatic hydroxyl groups is 1. The quantitative estimate of drug-likeness (QED) is 0.308. The van der Waals surface area contributed by atoms with Crippen LogP contribution in [0, 0.1) is 16.7 Å². The summed E-state index contributed by atoms with van der Waals surface area (Å²) < 4.78 is 45.0. The largest absolute Gasteiger partial charge is 0.506 e. The Morgan fingerprint density at radius 3 is 2.43 bits per heavy atom. The molecule has 0 radical (unpaired) electrons. The number of hydrogen-bond acceptors (Lipinski definition) is 5. The standard InChI is InChI=1S/C26H29ClF3NO4/c1-24(2)16-8-9-25(24,3)20(13-16)35-23(34)14-4-6-18(7-5-14)31-21(32)11-15-10-17(26(28,29)30)12-19(27)22(15)33/h4-7,10,12,16,20-21,31-33H,8-9,11,13H2,1-3H3. The minimum Gasteiger partial charge on any atom is -0.506 e. The van der Waals surface area contributed by atoms with E-state index in [1.165, 1.54) is 0 Å². The fourth-order valence-corrected chi connectivity index (χ4v) is 5.87. The highest BCUT2D eigenvalue weighted by atomic mass is 35.5. The van der Waals surface area contributed by atoms with Crippen LogP contribution in [-0.4, -0.2) is 28.5 Å². The molecule has 0 spiro atoms. The van der Waals surface area contributed by atoms with E-state index in [1.807, 2.05) is 0 Å². The average molecular weight is 512 g/mol. The molecular weight excluding hydrogens is 483 g/mol. The summed E-state index contributed by atoms with van der Waals surface area (Å²) in [6.07, 6.45) is -3.34. The third-order valence-corrected chi connectivity index (χ3v) is 8.59. The van der Waals surface area contributed by atoms with Gasteiger partial charge >= 0.3 is 12.1 Å². The third-order valence-electron chi connectivity index (χ3n) is 8.30. The number of carbonyl (C=O) groups excluding carboxylic acids is 1. The number of esters is 1. The highest BCUT2D eigenvalue weighted by molar-refractivity contribution is 6.32. The number of fused-ring (bicyclic) bond motifs is 2. The Morgan fingerprint density at radius 1 is 1.23 bits per heavy atom. The molecule has 3 N–H and O–H groups in total. The number of phenols is 1. The number of alkyl halides is 3. The van der Waals surface area contributed by atoms with Gasteiger partial charge in [-0.2, -0.15) is 13.2 Å². The van der Waals surface area contributed by atoms with Crippen molar-refractivity contribution in [2.24, 2.45) is 16.7 Å². The van der Waals surface area contributed by atoms with E-state index in [4.69, 9.17) is 16.3 Å². The van der Waals surface area contributed by atoms with Crippen molar-refractivity contribution in [1.29, 1.82) is 0 Å². The first kappa shape index (κ1) is 25.6. The number of benzene rings is 2. The Labute approximate surface area is 207 Å². The van der Waals surface area contributed by atoms with Crippen molar-refractivity contribution in [2.45, 2.75) is 65.0 Å². The van der Waals surface area contributed by atoms with E-state index in [0.29, 0.717) is 23.2 Å². The van der Waals surface area contributed by atoms with Crippen molar-refractivity contribution in [3.8, 4) is 5.75 Å². The lowest BCUT2D eigenvalue weighted by molar-refractivity contribution is -0.137. The summed E-state index contributed by atoms with van der Waals surface area (Å²) in [6.45, 7) is 6.69. The minimum absolute atomic E-state index is 0.0448. The molecule has 2 saturated carbocycles. The lowest BCUT2D eigenvalue weighted by Gasteiger charge is -2.38. The first-order valence-electron chi connectivity index (χ1n) is 11.6. The number of anilines is 1. The predicted octanol–water partition coefficient (Wildman–Crippen LogP) is 6.41. The molecule has 9 heteroatoms. The van der Waals surface area contributed by atoms with Crippen molar-refractivity contribution < 1.29 is 32.9 Å². The molecule has 4 rings (SSSR count). The van der Waals surface area contributed by atoms with E-state index in [1.54, 1.807) is 24.3 Å². The van der Waals surface area contributed by atoms with Crippen molar-refractivity contribution in [3.05, 3.63) is 58.1 Å². The molecule has 2 bridgehead atoms. The maximum atomic E-state index is 13.0. The lowest BCUT2D eigenvalue weighted by atomic mass is 9.70. The van der Waals surface area contributed by atoms with Gasteiger partial charge in [0.25, 0.3) is 0 Å². The fourth-order valence-electron chi connectivity index (χ4n) is 5.64. The highest BCUT2D eigenvalue weighted by Gasteiger charge is 2.62. The first-order chi connectivity index (χ1) is 16.2. The van der Waals surface area contributed by atoms with Crippen LogP contribution < -0.4 is 5.32 Å². The van der Waals surface area contributed by atoms with Crippen LogP contribution in [0.3, 0.4) is 0 Å². The molecule has 2 aliphatic carbocycles. The second-order valence-electron chi connectivity index (χ2n) is 10.4. The molecule has 35 heavy (non-hydrogen) atoms. The maximum absolute atomic E-state index is 13.0. The van der Waals surface area contributed by atoms with Gasteiger partial charge in [0.2, 0.25) is 0 Å². The summed E-state index contributed by atoms with van der Waals surface area (Å²) in [5.41, 5.74) is -0.265. The minimum atomic E-state index is -4.64. The van der Waals surface area contributed by atoms with Gasteiger partial charge in [-0.05, 0) is 67.0 Å². The van der Waals surface area contributed by atoms with Crippen LogP contribution in [0.25, 0.3) is 0 Å². The monoisotopic (exact) mass is 511 g/mol. The molecule has 2 fully saturated rings. The van der Waals surface area contributed by atoms with Gasteiger partial charge in [-0.25, -0.2) is 4.79 Å². The van der Waals surface area contributed by atoms with Crippen LogP contribution in [0.5, 0.6) is 5.75 Å². The lowest BCUT2D eigenvalue weighted by Crippen LogP contribution is -2.38. The van der Waals surface area contributed by atoms with Gasteiger partial charge in [-0.3, -0.25) is 0 Å². The van der Waals surface area contributed by atoms with E-state index in [0.717, 1.165) is 25.3 Å². The zero-order valence-electron chi connectivity index (χ0n) is 19.7. The number of aliphatic hydroxyl groups excluding tert-OH is 1. The van der Waals surface area contributed by atoms with Crippen LogP contribution in [0.1, 0.15) is 61.5 Å². The second-order valence-corrected chi connectivity index (χ2v) is 10.8. The van der Waals surface area contributed by atoms with Gasteiger partial charge in [0.15, 0.2) is 0 Å². The topological polar surface area (TPSA) is 78.8 Å². The van der Waals surface area contributed by atoms with Crippen LogP contribution in [0.15, 0.2) is 36.4 Å². The molecule has 2 aromatic carbocycles. The van der Waals surface area contributed by atoms with Crippen LogP contribution >= 0.6 is 11.6 Å². The van der Waals surface area contributed by atoms with Crippen LogP contribution in [0.2, 0.25) is 5.02 Å². The molecule has 0 amide bonds. The van der Waals surface area contributed by atoms with Crippen LogP contribution in [-0.2, 0) is 17.3 Å². The molecule has 0 heterocycles. The molecule has 4 atom stereocenters. The molecule has 0 aromatic heterocycles. The van der Waals surface area contributed by atoms with Crippen LogP contribution in [0.4, 0.5) is 18.9 Å². The predicted molar refractivity (Wildman–Crippen MR) is 126 cm³/mol. The molecule has 2 aromatic rings. The second kappa shape index (κ2) is 8.89. The Morgan fingerprint density at radius 2 is 1.89 bits per heavy atom. The fraction of sp³-hybridized carbons (Fsp3) is 0.500. The number of phenolic OH excluding ortho intramolecular Hbond substituents is 1. The highest BCUT2D eigenvalue weighted by Crippen LogP contribution is 2.66. The third kappa shape index (κ3) is 4.70. The summed E-state index contributed by atoms with van der Waals surface area (Å²) in [5, 5.41) is 22.6. The summed E-state index contributed by atoms with van der Waals surface area (Å²) in [5.74, 6) is -0.379. The maximum Gasteiger partial charge on any atom is 0.416 e. The van der Waals surface area contributed by atoms with Gasteiger partial charge in [0, 0.05) is 23.1 Å². The Hall–Kier alpha value is -2.45. The van der Waals surface area contributed by atoms with Crippen molar-refractivity contribution in [2.75, 3.05) is 5.32 Å². The Balaban J connectivity index is 1.38. The summed E-state index contributed by atoms with van der Waals surface area (Å²) >= 11 is 5.73. The normalized spacial score (nSPS) is 25.9. The van der Waals surface area contributed by atoms with Crippen molar-refractivity contribution in [1.82, 2.24) is 0 Å². The molecule has 2 aliphatic rings. The van der Waals surface area contributed by atoms with E-state index in [9.17, 15) is 28.2 Å². The van der Waals surface area contributed by atoms with E-state index in [2.05, 4.69) is 26.1 Å². The number of hydrogen-bond donors (Lipinski definition) is 3. The Kier molecular flexibility index (Phi) is 6.51. The van der Waals surface area contributed by atoms with Gasteiger partial charge in [0.05, 0.1) is 16.1 Å². The molecule has 0 saturated heterocycles. The molecule has 190 valence electrons. The number of ether oxygens (including phenoxy) is 1. The number of aliphatic hydroxyl groups is 1. The van der Waals surface area contributed by atoms with Gasteiger partial charge in [-0.1, -0.05) is 32.4 Å².